The zero-order valence-corrected chi connectivity index (χ0v) is 19.3. The maximum Gasteiger partial charge on any atom is 0.309 e. The first-order valence-corrected chi connectivity index (χ1v) is 11.6. The van der Waals surface area contributed by atoms with E-state index in [4.69, 9.17) is 4.74 Å². The second-order valence-corrected chi connectivity index (χ2v) is 8.36. The number of hydrogen-bond donors (Lipinski definition) is 2. The molecule has 0 radical (unpaired) electrons. The van der Waals surface area contributed by atoms with Crippen LogP contribution in [0, 0.1) is 11.8 Å². The minimum absolute atomic E-state index is 0.0560. The van der Waals surface area contributed by atoms with Crippen molar-refractivity contribution in [1.82, 2.24) is 10.2 Å². The maximum atomic E-state index is 12.6. The van der Waals surface area contributed by atoms with Gasteiger partial charge in [-0.3, -0.25) is 14.4 Å². The van der Waals surface area contributed by atoms with Gasteiger partial charge in [0, 0.05) is 13.0 Å². The van der Waals surface area contributed by atoms with Gasteiger partial charge >= 0.3 is 5.97 Å². The summed E-state index contributed by atoms with van der Waals surface area (Å²) in [6.07, 6.45) is 6.46. The highest BCUT2D eigenvalue weighted by Gasteiger charge is 2.31. The lowest BCUT2D eigenvalue weighted by atomic mass is 9.96. The number of nitrogens with zero attached hydrogens (tertiary/aromatic N) is 1. The molecule has 0 saturated carbocycles. The third-order valence-electron chi connectivity index (χ3n) is 5.91. The number of benzene rings is 1. The van der Waals surface area contributed by atoms with Crippen LogP contribution in [0.3, 0.4) is 0 Å². The summed E-state index contributed by atoms with van der Waals surface area (Å²) in [6, 6.07) is 9.56. The molecular weight excluding hydrogens is 420 g/mol. The zero-order valence-electron chi connectivity index (χ0n) is 19.3. The number of allylic oxidation sites excluding steroid dienone is 2. The van der Waals surface area contributed by atoms with Gasteiger partial charge in [-0.25, -0.2) is 0 Å². The minimum atomic E-state index is -0.544. The first-order chi connectivity index (χ1) is 16.0. The van der Waals surface area contributed by atoms with E-state index < -0.39 is 5.92 Å². The van der Waals surface area contributed by atoms with Crippen molar-refractivity contribution < 1.29 is 24.2 Å². The number of rotatable bonds is 14. The minimum Gasteiger partial charge on any atom is -0.464 e. The number of aliphatic hydroxyl groups is 1. The number of amides is 2. The normalized spacial score (nSPS) is 17.1. The molecule has 1 aliphatic heterocycles. The van der Waals surface area contributed by atoms with Crippen LogP contribution in [0.15, 0.2) is 55.6 Å². The van der Waals surface area contributed by atoms with Crippen LogP contribution < -0.4 is 5.32 Å². The molecule has 1 aliphatic rings. The molecule has 0 bridgehead atoms. The first-order valence-electron chi connectivity index (χ1n) is 11.6. The Bertz CT molecular complexity index is 795. The highest BCUT2D eigenvalue weighted by molar-refractivity contribution is 5.86. The van der Waals surface area contributed by atoms with E-state index in [0.29, 0.717) is 25.8 Å². The Kier molecular flexibility index (Phi) is 11.4. The summed E-state index contributed by atoms with van der Waals surface area (Å²) in [7, 11) is 0. The largest absolute Gasteiger partial charge is 0.464 e. The average molecular weight is 457 g/mol. The van der Waals surface area contributed by atoms with Crippen LogP contribution in [0.5, 0.6) is 0 Å². The van der Waals surface area contributed by atoms with Crippen molar-refractivity contribution in [2.75, 3.05) is 26.3 Å². The quantitative estimate of drug-likeness (QED) is 0.255. The van der Waals surface area contributed by atoms with Crippen molar-refractivity contribution in [3.8, 4) is 0 Å². The summed E-state index contributed by atoms with van der Waals surface area (Å²) in [5, 5.41) is 12.2. The molecular formula is C26H36N2O5. The van der Waals surface area contributed by atoms with E-state index in [1.807, 2.05) is 30.3 Å². The van der Waals surface area contributed by atoms with E-state index in [-0.39, 0.29) is 55.9 Å². The average Bonchev–Trinajstić information content (AvgIpc) is 3.31. The summed E-state index contributed by atoms with van der Waals surface area (Å²) in [4.78, 5) is 39.4. The van der Waals surface area contributed by atoms with Crippen LogP contribution in [0.1, 0.15) is 37.7 Å². The molecule has 0 aromatic heterocycles. The van der Waals surface area contributed by atoms with Gasteiger partial charge in [-0.05, 0) is 37.7 Å². The van der Waals surface area contributed by atoms with Gasteiger partial charge in [0.1, 0.15) is 6.61 Å². The summed E-state index contributed by atoms with van der Waals surface area (Å²) in [5.74, 6) is -1.60. The summed E-state index contributed by atoms with van der Waals surface area (Å²) in [6.45, 7) is 8.18. The number of carbonyl (C=O) groups is 3. The van der Waals surface area contributed by atoms with Gasteiger partial charge in [0.25, 0.3) is 0 Å². The Morgan fingerprint density at radius 2 is 1.85 bits per heavy atom. The molecule has 1 fully saturated rings. The van der Waals surface area contributed by atoms with Crippen molar-refractivity contribution in [1.29, 1.82) is 0 Å². The molecule has 1 aromatic rings. The van der Waals surface area contributed by atoms with Gasteiger partial charge < -0.3 is 20.1 Å². The van der Waals surface area contributed by atoms with Crippen molar-refractivity contribution in [3.05, 3.63) is 61.2 Å². The number of esters is 1. The second-order valence-electron chi connectivity index (χ2n) is 8.36. The lowest BCUT2D eigenvalue weighted by Gasteiger charge is -2.25. The molecule has 0 aliphatic carbocycles. The Labute approximate surface area is 196 Å². The molecule has 2 rings (SSSR count). The molecule has 7 heteroatoms. The third-order valence-corrected chi connectivity index (χ3v) is 5.91. The molecule has 180 valence electrons. The highest BCUT2D eigenvalue weighted by Crippen LogP contribution is 2.21. The zero-order chi connectivity index (χ0) is 24.1. The van der Waals surface area contributed by atoms with Crippen molar-refractivity contribution in [2.45, 2.75) is 44.6 Å². The van der Waals surface area contributed by atoms with Gasteiger partial charge in [0.05, 0.1) is 31.0 Å². The molecule has 1 aromatic carbocycles. The topological polar surface area (TPSA) is 95.9 Å². The Balaban J connectivity index is 1.79. The molecule has 7 nitrogen and oxygen atoms in total. The number of carbonyl (C=O) groups excluding carboxylic acids is 3. The van der Waals surface area contributed by atoms with E-state index in [1.165, 1.54) is 0 Å². The maximum absolute atomic E-state index is 12.6. The highest BCUT2D eigenvalue weighted by atomic mass is 16.5. The smallest absolute Gasteiger partial charge is 0.309 e. The fourth-order valence-corrected chi connectivity index (χ4v) is 4.12. The Hall–Kier alpha value is -2.93. The van der Waals surface area contributed by atoms with Gasteiger partial charge in [-0.1, -0.05) is 42.5 Å². The number of nitrogens with one attached hydrogen (secondary N) is 1. The van der Waals surface area contributed by atoms with E-state index in [9.17, 15) is 19.5 Å². The van der Waals surface area contributed by atoms with Crippen molar-refractivity contribution in [3.63, 3.8) is 0 Å². The van der Waals surface area contributed by atoms with Gasteiger partial charge in [0.15, 0.2) is 0 Å². The van der Waals surface area contributed by atoms with E-state index in [1.54, 1.807) is 17.1 Å². The molecule has 0 unspecified atom stereocenters. The van der Waals surface area contributed by atoms with Crippen molar-refractivity contribution in [2.24, 2.45) is 11.8 Å². The first kappa shape index (κ1) is 26.3. The van der Waals surface area contributed by atoms with Gasteiger partial charge in [0.2, 0.25) is 11.8 Å². The SMILES string of the molecule is C=CC[C@@H](CC(=O)N1CCC[C@H]1CO)C(=O)NCCOC(=O)[C@@H](CC=C)Cc1ccccc1. The van der Waals surface area contributed by atoms with E-state index >= 15 is 0 Å². The number of likely N-dealkylation sites (tertiary alicyclic amines) is 1. The van der Waals surface area contributed by atoms with Crippen LogP contribution in [0.25, 0.3) is 0 Å². The lowest BCUT2D eigenvalue weighted by Crippen LogP contribution is -2.41. The predicted molar refractivity (Wildman–Crippen MR) is 127 cm³/mol. The van der Waals surface area contributed by atoms with Crippen molar-refractivity contribution >= 4 is 17.8 Å². The molecule has 1 heterocycles. The Morgan fingerprint density at radius 1 is 1.15 bits per heavy atom. The second kappa shape index (κ2) is 14.3. The monoisotopic (exact) mass is 456 g/mol. The van der Waals surface area contributed by atoms with Crippen LogP contribution in [-0.2, 0) is 25.5 Å². The lowest BCUT2D eigenvalue weighted by molar-refractivity contribution is -0.148. The van der Waals surface area contributed by atoms with Crippen LogP contribution in [-0.4, -0.2) is 60.1 Å². The summed E-state index contributed by atoms with van der Waals surface area (Å²) >= 11 is 0. The number of aliphatic hydroxyl groups excluding tert-OH is 1. The van der Waals surface area contributed by atoms with Crippen LogP contribution >= 0.6 is 0 Å². The van der Waals surface area contributed by atoms with Gasteiger partial charge in [-0.15, -0.1) is 13.2 Å². The van der Waals surface area contributed by atoms with Gasteiger partial charge in [-0.2, -0.15) is 0 Å². The standard InChI is InChI=1S/C26H36N2O5/c1-3-9-21(18-24(30)28-15-8-13-23(28)19-29)25(31)27-14-16-33-26(32)22(10-4-2)17-20-11-6-5-7-12-20/h3-7,11-12,21-23,29H,1-2,8-10,13-19H2,(H,27,31)/t21-,22-,23-/m0/s1. The predicted octanol–water partition coefficient (Wildman–Crippen LogP) is 2.65. The molecule has 33 heavy (non-hydrogen) atoms. The van der Waals surface area contributed by atoms with E-state index in [0.717, 1.165) is 18.4 Å². The van der Waals surface area contributed by atoms with E-state index in [2.05, 4.69) is 18.5 Å². The van der Waals surface area contributed by atoms with Crippen LogP contribution in [0.2, 0.25) is 0 Å². The third kappa shape index (κ3) is 8.50. The van der Waals surface area contributed by atoms with Crippen LogP contribution in [0.4, 0.5) is 0 Å². The molecule has 3 atom stereocenters. The molecule has 2 amide bonds. The summed E-state index contributed by atoms with van der Waals surface area (Å²) < 4.78 is 5.39. The number of ether oxygens (including phenoxy) is 1. The fraction of sp³-hybridized carbons (Fsp3) is 0.500. The summed E-state index contributed by atoms with van der Waals surface area (Å²) in [5.41, 5.74) is 1.05. The number of hydrogen-bond acceptors (Lipinski definition) is 5. The fourth-order valence-electron chi connectivity index (χ4n) is 4.12. The molecule has 1 saturated heterocycles. The molecule has 2 N–H and O–H groups in total. The Morgan fingerprint density at radius 3 is 2.52 bits per heavy atom. The molecule has 0 spiro atoms.